The van der Waals surface area contributed by atoms with Gasteiger partial charge in [0.15, 0.2) is 5.76 Å². The molecule has 0 fully saturated rings. The number of ether oxygens (including phenoxy) is 1. The van der Waals surface area contributed by atoms with E-state index >= 15 is 0 Å². The van der Waals surface area contributed by atoms with E-state index in [1.807, 2.05) is 23.6 Å². The quantitative estimate of drug-likeness (QED) is 0.626. The number of thiophene rings is 1. The highest BCUT2D eigenvalue weighted by molar-refractivity contribution is 9.10. The standard InChI is InChI=1S/C18H14BrNO4S/c1-2-23-17(21)14-13(10-6-3-4-7-11(10)19)15(20)18(22)24-16(14)12-8-5-9-25-12/h3-9H,2,20H2,1H3. The van der Waals surface area contributed by atoms with Crippen molar-refractivity contribution in [3.8, 4) is 21.8 Å². The largest absolute Gasteiger partial charge is 0.462 e. The molecule has 0 radical (unpaired) electrons. The average molecular weight is 420 g/mol. The fourth-order valence-electron chi connectivity index (χ4n) is 2.47. The first-order chi connectivity index (χ1) is 12.0. The van der Waals surface area contributed by atoms with Gasteiger partial charge in [-0.3, -0.25) is 0 Å². The van der Waals surface area contributed by atoms with Crippen molar-refractivity contribution in [1.29, 1.82) is 0 Å². The van der Waals surface area contributed by atoms with Gasteiger partial charge in [0, 0.05) is 10.0 Å². The van der Waals surface area contributed by atoms with E-state index in [4.69, 9.17) is 14.9 Å². The number of benzene rings is 1. The van der Waals surface area contributed by atoms with Crippen molar-refractivity contribution in [1.82, 2.24) is 0 Å². The molecule has 0 saturated heterocycles. The minimum absolute atomic E-state index is 0.129. The first kappa shape index (κ1) is 17.4. The number of hydrogen-bond donors (Lipinski definition) is 1. The summed E-state index contributed by atoms with van der Waals surface area (Å²) in [6.45, 7) is 1.90. The summed E-state index contributed by atoms with van der Waals surface area (Å²) in [6.07, 6.45) is 0. The lowest BCUT2D eigenvalue weighted by Gasteiger charge is -2.15. The highest BCUT2D eigenvalue weighted by Crippen LogP contribution is 2.39. The molecule has 128 valence electrons. The van der Waals surface area contributed by atoms with Crippen molar-refractivity contribution >= 4 is 38.9 Å². The fraction of sp³-hybridized carbons (Fsp3) is 0.111. The number of rotatable bonds is 4. The Hall–Kier alpha value is -2.38. The maximum absolute atomic E-state index is 12.7. The Bertz CT molecular complexity index is 979. The van der Waals surface area contributed by atoms with E-state index in [0.717, 1.165) is 0 Å². The summed E-state index contributed by atoms with van der Waals surface area (Å²) in [5.41, 5.74) is 6.26. The molecule has 2 aromatic heterocycles. The molecule has 1 aromatic carbocycles. The van der Waals surface area contributed by atoms with Gasteiger partial charge in [0.1, 0.15) is 11.3 Å². The van der Waals surface area contributed by atoms with Gasteiger partial charge in [-0.1, -0.05) is 40.2 Å². The number of esters is 1. The summed E-state index contributed by atoms with van der Waals surface area (Å²) >= 11 is 4.80. The van der Waals surface area contributed by atoms with Gasteiger partial charge in [-0.25, -0.2) is 9.59 Å². The molecule has 3 aromatic rings. The van der Waals surface area contributed by atoms with Crippen molar-refractivity contribution < 1.29 is 13.9 Å². The van der Waals surface area contributed by atoms with Gasteiger partial charge < -0.3 is 14.9 Å². The Balaban J connectivity index is 2.42. The van der Waals surface area contributed by atoms with Crippen molar-refractivity contribution in [3.63, 3.8) is 0 Å². The zero-order chi connectivity index (χ0) is 18.0. The normalized spacial score (nSPS) is 10.6. The van der Waals surface area contributed by atoms with Crippen LogP contribution in [-0.2, 0) is 4.74 Å². The molecule has 2 heterocycles. The SMILES string of the molecule is CCOC(=O)c1c(-c2cccs2)oc(=O)c(N)c1-c1ccccc1Br. The van der Waals surface area contributed by atoms with Gasteiger partial charge in [-0.05, 0) is 30.0 Å². The molecule has 0 spiro atoms. The van der Waals surface area contributed by atoms with Crippen LogP contribution < -0.4 is 11.4 Å². The Kier molecular flexibility index (Phi) is 5.06. The number of anilines is 1. The van der Waals surface area contributed by atoms with Gasteiger partial charge in [-0.15, -0.1) is 11.3 Å². The van der Waals surface area contributed by atoms with Crippen LogP contribution in [0.2, 0.25) is 0 Å². The number of nitrogens with two attached hydrogens (primary N) is 1. The number of carbonyl (C=O) groups is 1. The second-order valence-electron chi connectivity index (χ2n) is 5.06. The van der Waals surface area contributed by atoms with E-state index in [1.54, 1.807) is 25.1 Å². The monoisotopic (exact) mass is 419 g/mol. The van der Waals surface area contributed by atoms with Crippen LogP contribution in [0.1, 0.15) is 17.3 Å². The third-order valence-electron chi connectivity index (χ3n) is 3.53. The van der Waals surface area contributed by atoms with E-state index in [1.165, 1.54) is 11.3 Å². The Labute approximate surface area is 156 Å². The lowest BCUT2D eigenvalue weighted by molar-refractivity contribution is 0.0526. The van der Waals surface area contributed by atoms with Crippen LogP contribution in [0.3, 0.4) is 0 Å². The Morgan fingerprint density at radius 3 is 2.68 bits per heavy atom. The summed E-state index contributed by atoms with van der Waals surface area (Å²) in [5.74, 6) is -0.425. The third kappa shape index (κ3) is 3.25. The molecule has 3 rings (SSSR count). The molecule has 0 aliphatic carbocycles. The maximum Gasteiger partial charge on any atom is 0.360 e. The van der Waals surface area contributed by atoms with Crippen molar-refractivity contribution in [2.75, 3.05) is 12.3 Å². The van der Waals surface area contributed by atoms with Crippen LogP contribution in [0.15, 0.2) is 55.5 Å². The molecule has 0 atom stereocenters. The summed E-state index contributed by atoms with van der Waals surface area (Å²) in [7, 11) is 0. The highest BCUT2D eigenvalue weighted by Gasteiger charge is 2.28. The van der Waals surface area contributed by atoms with Crippen LogP contribution >= 0.6 is 27.3 Å². The molecule has 0 aliphatic rings. The fourth-order valence-corrected chi connectivity index (χ4v) is 3.67. The predicted octanol–water partition coefficient (Wildman–Crippen LogP) is 4.56. The van der Waals surface area contributed by atoms with Crippen molar-refractivity contribution in [3.05, 3.63) is 62.2 Å². The van der Waals surface area contributed by atoms with Gasteiger partial charge in [0.2, 0.25) is 0 Å². The molecule has 5 nitrogen and oxygen atoms in total. The first-order valence-corrected chi connectivity index (χ1v) is 9.14. The van der Waals surface area contributed by atoms with Crippen LogP contribution in [0.4, 0.5) is 5.69 Å². The summed E-state index contributed by atoms with van der Waals surface area (Å²) < 4.78 is 11.3. The van der Waals surface area contributed by atoms with Crippen molar-refractivity contribution in [2.24, 2.45) is 0 Å². The summed E-state index contributed by atoms with van der Waals surface area (Å²) in [4.78, 5) is 25.6. The molecule has 0 bridgehead atoms. The molecule has 0 saturated carbocycles. The first-order valence-electron chi connectivity index (χ1n) is 7.47. The van der Waals surface area contributed by atoms with Crippen LogP contribution in [-0.4, -0.2) is 12.6 Å². The molecule has 2 N–H and O–H groups in total. The second kappa shape index (κ2) is 7.25. The van der Waals surface area contributed by atoms with E-state index < -0.39 is 11.6 Å². The average Bonchev–Trinajstić information content (AvgIpc) is 3.12. The third-order valence-corrected chi connectivity index (χ3v) is 5.09. The maximum atomic E-state index is 12.7. The number of halogens is 1. The highest BCUT2D eigenvalue weighted by atomic mass is 79.9. The van der Waals surface area contributed by atoms with Crippen LogP contribution in [0, 0.1) is 0 Å². The van der Waals surface area contributed by atoms with Crippen LogP contribution in [0.25, 0.3) is 21.8 Å². The lowest BCUT2D eigenvalue weighted by Crippen LogP contribution is -2.16. The smallest absolute Gasteiger partial charge is 0.360 e. The van der Waals surface area contributed by atoms with Crippen LogP contribution in [0.5, 0.6) is 0 Å². The van der Waals surface area contributed by atoms with E-state index in [2.05, 4.69) is 15.9 Å². The molecule has 0 amide bonds. The lowest BCUT2D eigenvalue weighted by atomic mass is 9.97. The van der Waals surface area contributed by atoms with E-state index in [0.29, 0.717) is 20.5 Å². The Morgan fingerprint density at radius 2 is 2.04 bits per heavy atom. The molecule has 7 heteroatoms. The van der Waals surface area contributed by atoms with Gasteiger partial charge >= 0.3 is 11.6 Å². The van der Waals surface area contributed by atoms with E-state index in [9.17, 15) is 9.59 Å². The Morgan fingerprint density at radius 1 is 1.28 bits per heavy atom. The zero-order valence-corrected chi connectivity index (χ0v) is 15.6. The predicted molar refractivity (Wildman–Crippen MR) is 102 cm³/mol. The van der Waals surface area contributed by atoms with Gasteiger partial charge in [-0.2, -0.15) is 0 Å². The van der Waals surface area contributed by atoms with Gasteiger partial charge in [0.25, 0.3) is 0 Å². The van der Waals surface area contributed by atoms with Crippen molar-refractivity contribution in [2.45, 2.75) is 6.92 Å². The van der Waals surface area contributed by atoms with E-state index in [-0.39, 0.29) is 23.6 Å². The van der Waals surface area contributed by atoms with Gasteiger partial charge in [0.05, 0.1) is 11.5 Å². The minimum Gasteiger partial charge on any atom is -0.462 e. The number of carbonyl (C=O) groups excluding carboxylic acids is 1. The molecule has 25 heavy (non-hydrogen) atoms. The molecular weight excluding hydrogens is 406 g/mol. The zero-order valence-electron chi connectivity index (χ0n) is 13.2. The topological polar surface area (TPSA) is 82.5 Å². The molecule has 0 aliphatic heterocycles. The summed E-state index contributed by atoms with van der Waals surface area (Å²) in [6, 6.07) is 10.8. The number of hydrogen-bond acceptors (Lipinski definition) is 6. The molecular formula is C18H14BrNO4S. The minimum atomic E-state index is -0.692. The second-order valence-corrected chi connectivity index (χ2v) is 6.86. The summed E-state index contributed by atoms with van der Waals surface area (Å²) in [5, 5.41) is 1.83. The number of nitrogen functional groups attached to an aromatic ring is 1. The molecule has 0 unspecified atom stereocenters.